The first-order valence-electron chi connectivity index (χ1n) is 14.5. The molecule has 3 atom stereocenters. The number of aliphatic hydroxyl groups excluding tert-OH is 2. The molecule has 3 N–H and O–H groups in total. The van der Waals surface area contributed by atoms with Crippen LogP contribution in [0.3, 0.4) is 0 Å². The highest BCUT2D eigenvalue weighted by atomic mass is 16.4. The maximum Gasteiger partial charge on any atom is 0.132 e. The molecule has 3 unspecified atom stereocenters. The zero-order chi connectivity index (χ0) is 25.8. The van der Waals surface area contributed by atoms with Crippen molar-refractivity contribution in [2.75, 3.05) is 0 Å². The summed E-state index contributed by atoms with van der Waals surface area (Å²) < 4.78 is 0. The van der Waals surface area contributed by atoms with E-state index in [-0.39, 0.29) is 18.6 Å². The number of rotatable bonds is 23. The van der Waals surface area contributed by atoms with E-state index in [1.54, 1.807) is 0 Å². The molecule has 0 spiro atoms. The zero-order valence-electron chi connectivity index (χ0n) is 22.7. The number of ketones is 1. The number of aliphatic hydroxyl groups is 3. The molecular formula is C31H54O4. The van der Waals surface area contributed by atoms with Gasteiger partial charge < -0.3 is 15.3 Å². The Morgan fingerprint density at radius 2 is 1.14 bits per heavy atom. The SMILES string of the molecule is CCCCCCCCCCCCCCCCCCC(O)C(O)(CC(C)=O)C(O)Cc1ccccc1. The van der Waals surface area contributed by atoms with E-state index in [9.17, 15) is 20.1 Å². The fraction of sp³-hybridized carbons (Fsp3) is 0.774. The summed E-state index contributed by atoms with van der Waals surface area (Å²) in [6.45, 7) is 3.66. The first-order chi connectivity index (χ1) is 16.9. The van der Waals surface area contributed by atoms with E-state index < -0.39 is 17.8 Å². The molecule has 0 amide bonds. The molecule has 35 heavy (non-hydrogen) atoms. The molecule has 0 aliphatic rings. The Morgan fingerprint density at radius 3 is 1.57 bits per heavy atom. The second-order valence-electron chi connectivity index (χ2n) is 10.7. The summed E-state index contributed by atoms with van der Waals surface area (Å²) in [5, 5.41) is 32.5. The van der Waals surface area contributed by atoms with Crippen molar-refractivity contribution in [1.82, 2.24) is 0 Å². The number of hydrogen-bond acceptors (Lipinski definition) is 4. The molecule has 4 heteroatoms. The standard InChI is InChI=1S/C31H54O4/c1-3-4-5-6-7-8-9-10-11-12-13-14-15-16-17-21-24-29(33)31(35,26-27(2)32)30(34)25-28-22-19-18-20-23-28/h18-20,22-23,29-30,33-35H,3-17,21,24-26H2,1-2H3. The lowest BCUT2D eigenvalue weighted by Gasteiger charge is -2.37. The minimum absolute atomic E-state index is 0.209. The summed E-state index contributed by atoms with van der Waals surface area (Å²) in [5.74, 6) is -0.231. The molecule has 0 aromatic heterocycles. The van der Waals surface area contributed by atoms with Crippen LogP contribution in [0.2, 0.25) is 0 Å². The highest BCUT2D eigenvalue weighted by molar-refractivity contribution is 5.76. The number of carbonyl (C=O) groups is 1. The van der Waals surface area contributed by atoms with Crippen molar-refractivity contribution in [3.05, 3.63) is 35.9 Å². The Morgan fingerprint density at radius 1 is 0.714 bits per heavy atom. The van der Waals surface area contributed by atoms with Crippen molar-refractivity contribution in [2.45, 2.75) is 154 Å². The molecule has 0 fully saturated rings. The summed E-state index contributed by atoms with van der Waals surface area (Å²) in [6.07, 6.45) is 18.6. The second-order valence-corrected chi connectivity index (χ2v) is 10.7. The van der Waals surface area contributed by atoms with Crippen LogP contribution in [0.4, 0.5) is 0 Å². The minimum Gasteiger partial charge on any atom is -0.390 e. The van der Waals surface area contributed by atoms with Gasteiger partial charge in [0.2, 0.25) is 0 Å². The third-order valence-corrected chi connectivity index (χ3v) is 7.29. The van der Waals surface area contributed by atoms with Gasteiger partial charge in [-0.05, 0) is 18.9 Å². The van der Waals surface area contributed by atoms with Crippen molar-refractivity contribution >= 4 is 5.78 Å². The Kier molecular flexibility index (Phi) is 18.1. The molecule has 1 aromatic carbocycles. The van der Waals surface area contributed by atoms with E-state index in [1.165, 1.54) is 90.4 Å². The van der Waals surface area contributed by atoms with Crippen molar-refractivity contribution in [1.29, 1.82) is 0 Å². The predicted octanol–water partition coefficient (Wildman–Crippen LogP) is 7.31. The van der Waals surface area contributed by atoms with Crippen molar-refractivity contribution < 1.29 is 20.1 Å². The molecule has 0 radical (unpaired) electrons. The third-order valence-electron chi connectivity index (χ3n) is 7.29. The summed E-state index contributed by atoms with van der Waals surface area (Å²) in [6, 6.07) is 9.39. The summed E-state index contributed by atoms with van der Waals surface area (Å²) in [4.78, 5) is 11.8. The molecule has 1 aromatic rings. The average molecular weight is 491 g/mol. The van der Waals surface area contributed by atoms with Crippen LogP contribution in [0.25, 0.3) is 0 Å². The maximum atomic E-state index is 11.8. The lowest BCUT2D eigenvalue weighted by Crippen LogP contribution is -2.54. The highest BCUT2D eigenvalue weighted by Crippen LogP contribution is 2.27. The Hall–Kier alpha value is -1.23. The first-order valence-corrected chi connectivity index (χ1v) is 14.5. The number of unbranched alkanes of at least 4 members (excludes halogenated alkanes) is 15. The predicted molar refractivity (Wildman–Crippen MR) is 147 cm³/mol. The van der Waals surface area contributed by atoms with Crippen molar-refractivity contribution in [3.63, 3.8) is 0 Å². The Bertz CT molecular complexity index is 632. The number of benzene rings is 1. The lowest BCUT2D eigenvalue weighted by molar-refractivity contribution is -0.160. The van der Waals surface area contributed by atoms with Crippen LogP contribution < -0.4 is 0 Å². The van der Waals surface area contributed by atoms with Crippen LogP contribution in [0, 0.1) is 0 Å². The molecule has 0 aliphatic heterocycles. The molecule has 0 bridgehead atoms. The summed E-state index contributed by atoms with van der Waals surface area (Å²) in [7, 11) is 0. The minimum atomic E-state index is -1.81. The number of Topliss-reactive ketones (excluding diaryl/α,β-unsaturated/α-hetero) is 1. The van der Waals surface area contributed by atoms with Gasteiger partial charge >= 0.3 is 0 Å². The Balaban J connectivity index is 2.14. The largest absolute Gasteiger partial charge is 0.390 e. The molecule has 0 aliphatic carbocycles. The van der Waals surface area contributed by atoms with Gasteiger partial charge in [-0.2, -0.15) is 0 Å². The summed E-state index contributed by atoms with van der Waals surface area (Å²) >= 11 is 0. The molecule has 1 rings (SSSR count). The molecule has 0 saturated carbocycles. The van der Waals surface area contributed by atoms with Crippen LogP contribution in [0.5, 0.6) is 0 Å². The molecule has 0 saturated heterocycles. The highest BCUT2D eigenvalue weighted by Gasteiger charge is 2.43. The fourth-order valence-corrected chi connectivity index (χ4v) is 5.01. The van der Waals surface area contributed by atoms with E-state index in [0.717, 1.165) is 24.8 Å². The van der Waals surface area contributed by atoms with Gasteiger partial charge in [0.15, 0.2) is 0 Å². The molecular weight excluding hydrogens is 436 g/mol. The Labute approximate surface area is 215 Å². The molecule has 0 heterocycles. The molecule has 202 valence electrons. The van der Waals surface area contributed by atoms with Gasteiger partial charge in [-0.25, -0.2) is 0 Å². The van der Waals surface area contributed by atoms with Crippen molar-refractivity contribution in [2.24, 2.45) is 0 Å². The second kappa shape index (κ2) is 19.9. The van der Waals surface area contributed by atoms with Gasteiger partial charge in [-0.3, -0.25) is 4.79 Å². The van der Waals surface area contributed by atoms with Crippen LogP contribution >= 0.6 is 0 Å². The van der Waals surface area contributed by atoms with E-state index in [2.05, 4.69) is 6.92 Å². The van der Waals surface area contributed by atoms with Gasteiger partial charge in [0.05, 0.1) is 12.2 Å². The van der Waals surface area contributed by atoms with Gasteiger partial charge in [0.1, 0.15) is 11.4 Å². The topological polar surface area (TPSA) is 77.8 Å². The van der Waals surface area contributed by atoms with E-state index >= 15 is 0 Å². The van der Waals surface area contributed by atoms with Gasteiger partial charge in [0.25, 0.3) is 0 Å². The molecule has 4 nitrogen and oxygen atoms in total. The van der Waals surface area contributed by atoms with E-state index in [4.69, 9.17) is 0 Å². The third kappa shape index (κ3) is 14.8. The summed E-state index contributed by atoms with van der Waals surface area (Å²) in [5.41, 5.74) is -0.937. The van der Waals surface area contributed by atoms with Crippen LogP contribution in [0.1, 0.15) is 135 Å². The van der Waals surface area contributed by atoms with Gasteiger partial charge in [-0.1, -0.05) is 140 Å². The monoisotopic (exact) mass is 490 g/mol. The van der Waals surface area contributed by atoms with Crippen LogP contribution in [0.15, 0.2) is 30.3 Å². The number of hydrogen-bond donors (Lipinski definition) is 3. The normalized spacial score (nSPS) is 15.0. The smallest absolute Gasteiger partial charge is 0.132 e. The van der Waals surface area contributed by atoms with E-state index in [0.29, 0.717) is 6.42 Å². The van der Waals surface area contributed by atoms with Crippen LogP contribution in [-0.2, 0) is 11.2 Å². The average Bonchev–Trinajstić information content (AvgIpc) is 2.83. The lowest BCUT2D eigenvalue weighted by atomic mass is 9.80. The van der Waals surface area contributed by atoms with Crippen molar-refractivity contribution in [3.8, 4) is 0 Å². The van der Waals surface area contributed by atoms with Gasteiger partial charge in [-0.15, -0.1) is 0 Å². The zero-order valence-corrected chi connectivity index (χ0v) is 22.7. The first kappa shape index (κ1) is 31.8. The maximum absolute atomic E-state index is 11.8. The van der Waals surface area contributed by atoms with Crippen LogP contribution in [-0.4, -0.2) is 38.9 Å². The van der Waals surface area contributed by atoms with E-state index in [1.807, 2.05) is 30.3 Å². The van der Waals surface area contributed by atoms with Gasteiger partial charge in [0, 0.05) is 12.8 Å². The number of carbonyl (C=O) groups excluding carboxylic acids is 1. The quantitative estimate of drug-likeness (QED) is 0.141. The fourth-order valence-electron chi connectivity index (χ4n) is 5.01.